The number of nitrogens with zero attached hydrogens (tertiary/aromatic N) is 2. The summed E-state index contributed by atoms with van der Waals surface area (Å²) in [6, 6.07) is 0. The fourth-order valence-corrected chi connectivity index (χ4v) is 1.34. The van der Waals surface area contributed by atoms with Gasteiger partial charge in [0.1, 0.15) is 6.61 Å². The Morgan fingerprint density at radius 1 is 1.18 bits per heavy atom. The van der Waals surface area contributed by atoms with E-state index in [0.29, 0.717) is 12.1 Å². The van der Waals surface area contributed by atoms with Gasteiger partial charge in [-0.15, -0.1) is 0 Å². The highest BCUT2D eigenvalue weighted by molar-refractivity contribution is 5.69. The van der Waals surface area contributed by atoms with Gasteiger partial charge in [-0.25, -0.2) is 0 Å². The number of rotatable bonds is 5. The number of carbonyl (C=O) groups excluding carboxylic acids is 1. The minimum absolute atomic E-state index is 0.00241. The van der Waals surface area contributed by atoms with Crippen LogP contribution < -0.4 is 0 Å². The molecule has 0 aliphatic carbocycles. The number of aryl methyl sites for hydroxylation is 3. The Kier molecular flexibility index (Phi) is 5.03. The molecule has 0 atom stereocenters. The van der Waals surface area contributed by atoms with E-state index in [9.17, 15) is 4.79 Å². The fraction of sp³-hybridized carbons (Fsp3) is 0.583. The zero-order valence-electron chi connectivity index (χ0n) is 10.5. The first-order valence-corrected chi connectivity index (χ1v) is 5.61. The van der Waals surface area contributed by atoms with Gasteiger partial charge in [0.25, 0.3) is 0 Å². The van der Waals surface area contributed by atoms with Crippen molar-refractivity contribution in [3.8, 4) is 0 Å². The average Bonchev–Trinajstić information content (AvgIpc) is 2.29. The SMILES string of the molecule is Cc1nc(C)c(COC(=O)CCCO)nc1C. The van der Waals surface area contributed by atoms with Crippen molar-refractivity contribution in [2.24, 2.45) is 0 Å². The molecular formula is C12H18N2O3. The molecule has 1 rings (SSSR count). The van der Waals surface area contributed by atoms with Gasteiger partial charge in [-0.3, -0.25) is 14.8 Å². The number of hydrogen-bond donors (Lipinski definition) is 1. The van der Waals surface area contributed by atoms with Crippen LogP contribution >= 0.6 is 0 Å². The lowest BCUT2D eigenvalue weighted by atomic mass is 10.2. The van der Waals surface area contributed by atoms with Crippen LogP contribution in [0.1, 0.15) is 35.6 Å². The molecule has 5 heteroatoms. The number of ether oxygens (including phenoxy) is 1. The first kappa shape index (κ1) is 13.6. The van der Waals surface area contributed by atoms with Crippen LogP contribution in [0.5, 0.6) is 0 Å². The van der Waals surface area contributed by atoms with Crippen LogP contribution in [0.25, 0.3) is 0 Å². The van der Waals surface area contributed by atoms with Crippen molar-refractivity contribution in [1.29, 1.82) is 0 Å². The smallest absolute Gasteiger partial charge is 0.306 e. The van der Waals surface area contributed by atoms with E-state index in [1.165, 1.54) is 0 Å². The van der Waals surface area contributed by atoms with Gasteiger partial charge in [0, 0.05) is 13.0 Å². The van der Waals surface area contributed by atoms with Gasteiger partial charge < -0.3 is 9.84 Å². The third-order valence-electron chi connectivity index (χ3n) is 2.49. The number of aliphatic hydroxyl groups excluding tert-OH is 1. The monoisotopic (exact) mass is 238 g/mol. The highest BCUT2D eigenvalue weighted by Crippen LogP contribution is 2.08. The molecule has 94 valence electrons. The quantitative estimate of drug-likeness (QED) is 0.781. The minimum Gasteiger partial charge on any atom is -0.459 e. The molecule has 1 N–H and O–H groups in total. The highest BCUT2D eigenvalue weighted by Gasteiger charge is 2.08. The summed E-state index contributed by atoms with van der Waals surface area (Å²) in [4.78, 5) is 19.9. The number of esters is 1. The van der Waals surface area contributed by atoms with Gasteiger partial charge in [-0.1, -0.05) is 0 Å². The predicted molar refractivity (Wildman–Crippen MR) is 62.4 cm³/mol. The van der Waals surface area contributed by atoms with Gasteiger partial charge >= 0.3 is 5.97 Å². The Morgan fingerprint density at radius 3 is 2.47 bits per heavy atom. The van der Waals surface area contributed by atoms with Gasteiger partial charge in [0.2, 0.25) is 0 Å². The van der Waals surface area contributed by atoms with E-state index in [-0.39, 0.29) is 25.6 Å². The molecule has 17 heavy (non-hydrogen) atoms. The standard InChI is InChI=1S/C12H18N2O3/c1-8-9(2)14-11(10(3)13-8)7-17-12(16)5-4-6-15/h15H,4-7H2,1-3H3. The van der Waals surface area contributed by atoms with Crippen LogP contribution in [0, 0.1) is 20.8 Å². The molecule has 0 fully saturated rings. The topological polar surface area (TPSA) is 72.3 Å². The summed E-state index contributed by atoms with van der Waals surface area (Å²) in [5.74, 6) is -0.321. The first-order chi connectivity index (χ1) is 8.04. The van der Waals surface area contributed by atoms with Crippen LogP contribution in [0.3, 0.4) is 0 Å². The summed E-state index contributed by atoms with van der Waals surface area (Å²) in [6.07, 6.45) is 0.657. The molecule has 0 bridgehead atoms. The molecule has 0 spiro atoms. The molecule has 1 aromatic heterocycles. The first-order valence-electron chi connectivity index (χ1n) is 5.61. The van der Waals surface area contributed by atoms with Crippen molar-refractivity contribution in [2.45, 2.75) is 40.2 Å². The maximum absolute atomic E-state index is 11.3. The van der Waals surface area contributed by atoms with Crippen LogP contribution in [-0.4, -0.2) is 27.7 Å². The summed E-state index contributed by atoms with van der Waals surface area (Å²) < 4.78 is 5.05. The third kappa shape index (κ3) is 4.11. The Hall–Kier alpha value is -1.49. The van der Waals surface area contributed by atoms with E-state index in [2.05, 4.69) is 9.97 Å². The summed E-state index contributed by atoms with van der Waals surface area (Å²) in [7, 11) is 0. The van der Waals surface area contributed by atoms with Gasteiger partial charge in [-0.05, 0) is 27.2 Å². The highest BCUT2D eigenvalue weighted by atomic mass is 16.5. The zero-order valence-corrected chi connectivity index (χ0v) is 10.5. The molecule has 0 saturated carbocycles. The third-order valence-corrected chi connectivity index (χ3v) is 2.49. The fourth-order valence-electron chi connectivity index (χ4n) is 1.34. The minimum atomic E-state index is -0.321. The number of aromatic nitrogens is 2. The molecule has 1 heterocycles. The molecule has 0 aliphatic rings. The molecule has 0 saturated heterocycles. The van der Waals surface area contributed by atoms with Crippen LogP contribution in [-0.2, 0) is 16.1 Å². The van der Waals surface area contributed by atoms with Gasteiger partial charge in [-0.2, -0.15) is 0 Å². The Bertz CT molecular complexity index is 405. The van der Waals surface area contributed by atoms with Gasteiger partial charge in [0.05, 0.1) is 22.8 Å². The summed E-state index contributed by atoms with van der Waals surface area (Å²) in [5.41, 5.74) is 3.20. The van der Waals surface area contributed by atoms with Crippen LogP contribution in [0.15, 0.2) is 0 Å². The van der Waals surface area contributed by atoms with E-state index in [1.54, 1.807) is 0 Å². The largest absolute Gasteiger partial charge is 0.459 e. The zero-order chi connectivity index (χ0) is 12.8. The second-order valence-corrected chi connectivity index (χ2v) is 3.91. The molecule has 5 nitrogen and oxygen atoms in total. The normalized spacial score (nSPS) is 10.4. The van der Waals surface area contributed by atoms with Crippen molar-refractivity contribution >= 4 is 5.97 Å². The summed E-state index contributed by atoms with van der Waals surface area (Å²) in [6.45, 7) is 5.75. The molecule has 1 aromatic rings. The van der Waals surface area contributed by atoms with Crippen molar-refractivity contribution in [1.82, 2.24) is 9.97 Å². The Labute approximate surface area is 101 Å². The van der Waals surface area contributed by atoms with E-state index in [4.69, 9.17) is 9.84 Å². The van der Waals surface area contributed by atoms with E-state index in [0.717, 1.165) is 17.1 Å². The second-order valence-electron chi connectivity index (χ2n) is 3.91. The lowest BCUT2D eigenvalue weighted by molar-refractivity contribution is -0.145. The van der Waals surface area contributed by atoms with E-state index < -0.39 is 0 Å². The number of aliphatic hydroxyl groups is 1. The van der Waals surface area contributed by atoms with Gasteiger partial charge in [0.15, 0.2) is 0 Å². The average molecular weight is 238 g/mol. The maximum Gasteiger partial charge on any atom is 0.306 e. The lowest BCUT2D eigenvalue weighted by Gasteiger charge is -2.08. The Morgan fingerprint density at radius 2 is 1.82 bits per heavy atom. The maximum atomic E-state index is 11.3. The van der Waals surface area contributed by atoms with E-state index >= 15 is 0 Å². The molecular weight excluding hydrogens is 220 g/mol. The molecule has 0 amide bonds. The number of carbonyl (C=O) groups is 1. The van der Waals surface area contributed by atoms with Crippen LogP contribution in [0.4, 0.5) is 0 Å². The number of hydrogen-bond acceptors (Lipinski definition) is 5. The molecule has 0 radical (unpaired) electrons. The molecule has 0 unspecified atom stereocenters. The predicted octanol–water partition coefficient (Wildman–Crippen LogP) is 1.22. The Balaban J connectivity index is 2.57. The van der Waals surface area contributed by atoms with Crippen molar-refractivity contribution in [2.75, 3.05) is 6.61 Å². The second kappa shape index (κ2) is 6.30. The van der Waals surface area contributed by atoms with E-state index in [1.807, 2.05) is 20.8 Å². The van der Waals surface area contributed by atoms with Crippen LogP contribution in [0.2, 0.25) is 0 Å². The summed E-state index contributed by atoms with van der Waals surface area (Å²) in [5, 5.41) is 8.58. The van der Waals surface area contributed by atoms with Crippen molar-refractivity contribution in [3.63, 3.8) is 0 Å². The summed E-state index contributed by atoms with van der Waals surface area (Å²) >= 11 is 0. The molecule has 0 aromatic carbocycles. The van der Waals surface area contributed by atoms with Crippen molar-refractivity contribution < 1.29 is 14.6 Å². The lowest BCUT2D eigenvalue weighted by Crippen LogP contribution is -2.09. The molecule has 0 aliphatic heterocycles. The van der Waals surface area contributed by atoms with Crippen molar-refractivity contribution in [3.05, 3.63) is 22.8 Å².